The number of anilines is 1. The van der Waals surface area contributed by atoms with Gasteiger partial charge in [-0.25, -0.2) is 13.4 Å². The second-order valence-electron chi connectivity index (χ2n) is 5.96. The molecule has 0 atom stereocenters. The van der Waals surface area contributed by atoms with Gasteiger partial charge >= 0.3 is 0 Å². The van der Waals surface area contributed by atoms with E-state index >= 15 is 0 Å². The zero-order valence-electron chi connectivity index (χ0n) is 14.8. The second kappa shape index (κ2) is 8.26. The highest BCUT2D eigenvalue weighted by molar-refractivity contribution is 7.93. The maximum atomic E-state index is 12.6. The third-order valence-electron chi connectivity index (χ3n) is 3.93. The lowest BCUT2D eigenvalue weighted by Gasteiger charge is -2.06. The summed E-state index contributed by atoms with van der Waals surface area (Å²) in [5.74, 6) is 0. The van der Waals surface area contributed by atoms with Crippen LogP contribution in [0.2, 0.25) is 5.02 Å². The van der Waals surface area contributed by atoms with E-state index in [4.69, 9.17) is 11.6 Å². The van der Waals surface area contributed by atoms with Crippen LogP contribution in [0.4, 0.5) is 10.8 Å². The SMILES string of the molecule is CCCc1ccc(S(=O)(=O)Nc2nc(-c3cc([N+](=O)[O-])ccc3Cl)cs2)cc1. The number of nitrogens with zero attached hydrogens (tertiary/aromatic N) is 2. The summed E-state index contributed by atoms with van der Waals surface area (Å²) in [6, 6.07) is 10.7. The molecule has 10 heteroatoms. The number of benzene rings is 2. The molecule has 0 aliphatic rings. The minimum atomic E-state index is -3.79. The molecule has 0 aliphatic heterocycles. The first-order valence-corrected chi connectivity index (χ1v) is 11.1. The smallest absolute Gasteiger partial charge is 0.258 e. The molecule has 1 N–H and O–H groups in total. The minimum Gasteiger partial charge on any atom is -0.258 e. The summed E-state index contributed by atoms with van der Waals surface area (Å²) in [5, 5.41) is 13.0. The Balaban J connectivity index is 1.84. The van der Waals surface area contributed by atoms with Gasteiger partial charge in [-0.1, -0.05) is 37.1 Å². The van der Waals surface area contributed by atoms with Crippen LogP contribution in [0.15, 0.2) is 52.7 Å². The van der Waals surface area contributed by atoms with Crippen molar-refractivity contribution in [3.05, 3.63) is 68.5 Å². The second-order valence-corrected chi connectivity index (χ2v) is 8.91. The Morgan fingerprint density at radius 1 is 1.21 bits per heavy atom. The predicted octanol–water partition coefficient (Wildman–Crippen LogP) is 5.13. The van der Waals surface area contributed by atoms with E-state index in [0.29, 0.717) is 11.3 Å². The third-order valence-corrected chi connectivity index (χ3v) is 6.51. The largest absolute Gasteiger partial charge is 0.270 e. The fourth-order valence-electron chi connectivity index (χ4n) is 2.57. The van der Waals surface area contributed by atoms with E-state index in [1.165, 1.54) is 18.2 Å². The van der Waals surface area contributed by atoms with E-state index in [1.54, 1.807) is 29.6 Å². The highest BCUT2D eigenvalue weighted by Gasteiger charge is 2.18. The van der Waals surface area contributed by atoms with Crippen LogP contribution in [0.25, 0.3) is 11.3 Å². The summed E-state index contributed by atoms with van der Waals surface area (Å²) in [7, 11) is -3.79. The average molecular weight is 438 g/mol. The van der Waals surface area contributed by atoms with Gasteiger partial charge in [0.15, 0.2) is 5.13 Å². The Kier molecular flexibility index (Phi) is 5.97. The molecule has 28 heavy (non-hydrogen) atoms. The van der Waals surface area contributed by atoms with E-state index in [2.05, 4.69) is 16.6 Å². The highest BCUT2D eigenvalue weighted by Crippen LogP contribution is 2.33. The number of nitrogens with one attached hydrogen (secondary N) is 1. The third kappa shape index (κ3) is 4.49. The van der Waals surface area contributed by atoms with Crippen LogP contribution in [0.3, 0.4) is 0 Å². The number of nitro benzene ring substituents is 1. The molecular weight excluding hydrogens is 422 g/mol. The highest BCUT2D eigenvalue weighted by atomic mass is 35.5. The number of aromatic nitrogens is 1. The van der Waals surface area contributed by atoms with Crippen LogP contribution in [0.1, 0.15) is 18.9 Å². The van der Waals surface area contributed by atoms with Gasteiger partial charge < -0.3 is 0 Å². The summed E-state index contributed by atoms with van der Waals surface area (Å²) < 4.78 is 27.6. The van der Waals surface area contributed by atoms with Crippen LogP contribution < -0.4 is 4.72 Å². The summed E-state index contributed by atoms with van der Waals surface area (Å²) >= 11 is 7.19. The van der Waals surface area contributed by atoms with Crippen molar-refractivity contribution < 1.29 is 13.3 Å². The molecule has 3 aromatic rings. The standard InChI is InChI=1S/C18H16ClN3O4S2/c1-2-3-12-4-7-14(8-5-12)28(25,26)21-18-20-17(11-27-18)15-10-13(22(23)24)6-9-16(15)19/h4-11H,2-3H2,1H3,(H,20,21). The quantitative estimate of drug-likeness (QED) is 0.408. The molecule has 2 aromatic carbocycles. The van der Waals surface area contributed by atoms with Crippen molar-refractivity contribution in [1.29, 1.82) is 0 Å². The van der Waals surface area contributed by atoms with Crippen LogP contribution >= 0.6 is 22.9 Å². The topological polar surface area (TPSA) is 102 Å². The van der Waals surface area contributed by atoms with Crippen molar-refractivity contribution in [2.24, 2.45) is 0 Å². The Bertz CT molecular complexity index is 1110. The Hall–Kier alpha value is -2.49. The van der Waals surface area contributed by atoms with Crippen LogP contribution in [-0.2, 0) is 16.4 Å². The van der Waals surface area contributed by atoms with Gasteiger partial charge in [-0.3, -0.25) is 14.8 Å². The molecule has 0 aliphatic carbocycles. The molecule has 0 fully saturated rings. The van der Waals surface area contributed by atoms with E-state index in [1.807, 2.05) is 0 Å². The maximum Gasteiger partial charge on any atom is 0.270 e. The van der Waals surface area contributed by atoms with Crippen molar-refractivity contribution in [2.75, 3.05) is 4.72 Å². The van der Waals surface area contributed by atoms with Crippen LogP contribution in [0, 0.1) is 10.1 Å². The van der Waals surface area contributed by atoms with E-state index in [-0.39, 0.29) is 20.7 Å². The number of hydrogen-bond acceptors (Lipinski definition) is 6. The molecule has 0 unspecified atom stereocenters. The Morgan fingerprint density at radius 3 is 2.57 bits per heavy atom. The van der Waals surface area contributed by atoms with Crippen molar-refractivity contribution >= 4 is 43.8 Å². The molecule has 0 amide bonds. The number of hydrogen-bond donors (Lipinski definition) is 1. The number of non-ortho nitro benzene ring substituents is 1. The van der Waals surface area contributed by atoms with Gasteiger partial charge in [0, 0.05) is 23.1 Å². The molecule has 146 valence electrons. The monoisotopic (exact) mass is 437 g/mol. The molecule has 0 saturated heterocycles. The predicted molar refractivity (Wildman–Crippen MR) is 110 cm³/mol. The Labute approximate surface area is 171 Å². The number of aryl methyl sites for hydroxylation is 1. The molecule has 1 aromatic heterocycles. The average Bonchev–Trinajstić information content (AvgIpc) is 3.10. The van der Waals surface area contributed by atoms with Gasteiger partial charge in [0.2, 0.25) is 0 Å². The van der Waals surface area contributed by atoms with Gasteiger partial charge in [-0.05, 0) is 30.2 Å². The molecule has 3 rings (SSSR count). The van der Waals surface area contributed by atoms with E-state index in [9.17, 15) is 18.5 Å². The van der Waals surface area contributed by atoms with Crippen LogP contribution in [0.5, 0.6) is 0 Å². The summed E-state index contributed by atoms with van der Waals surface area (Å²) in [6.45, 7) is 2.06. The molecule has 0 spiro atoms. The first-order chi connectivity index (χ1) is 13.3. The lowest BCUT2D eigenvalue weighted by molar-refractivity contribution is -0.384. The van der Waals surface area contributed by atoms with Crippen molar-refractivity contribution in [3.63, 3.8) is 0 Å². The van der Waals surface area contributed by atoms with Crippen molar-refractivity contribution in [3.8, 4) is 11.3 Å². The minimum absolute atomic E-state index is 0.123. The molecule has 7 nitrogen and oxygen atoms in total. The lowest BCUT2D eigenvalue weighted by Crippen LogP contribution is -2.12. The number of thiazole rings is 1. The van der Waals surface area contributed by atoms with E-state index in [0.717, 1.165) is 29.7 Å². The lowest BCUT2D eigenvalue weighted by atomic mass is 10.1. The van der Waals surface area contributed by atoms with Gasteiger partial charge in [0.25, 0.3) is 15.7 Å². The van der Waals surface area contributed by atoms with Gasteiger partial charge in [0.05, 0.1) is 20.5 Å². The number of nitro groups is 1. The normalized spacial score (nSPS) is 11.4. The molecule has 1 heterocycles. The summed E-state index contributed by atoms with van der Waals surface area (Å²) in [4.78, 5) is 14.8. The first-order valence-electron chi connectivity index (χ1n) is 8.32. The fourth-order valence-corrected chi connectivity index (χ4v) is 4.74. The Morgan fingerprint density at radius 2 is 1.93 bits per heavy atom. The zero-order chi connectivity index (χ0) is 20.3. The van der Waals surface area contributed by atoms with Crippen molar-refractivity contribution in [2.45, 2.75) is 24.7 Å². The number of rotatable bonds is 7. The van der Waals surface area contributed by atoms with Gasteiger partial charge in [-0.2, -0.15) is 0 Å². The molecule has 0 saturated carbocycles. The zero-order valence-corrected chi connectivity index (χ0v) is 17.1. The molecule has 0 radical (unpaired) electrons. The summed E-state index contributed by atoms with van der Waals surface area (Å²) in [5.41, 5.74) is 1.66. The first kappa shape index (κ1) is 20.2. The maximum absolute atomic E-state index is 12.6. The number of halogens is 1. The fraction of sp³-hybridized carbons (Fsp3) is 0.167. The number of sulfonamides is 1. The molecule has 0 bridgehead atoms. The van der Waals surface area contributed by atoms with Crippen molar-refractivity contribution in [1.82, 2.24) is 4.98 Å². The molecular formula is C18H16ClN3O4S2. The van der Waals surface area contributed by atoms with E-state index < -0.39 is 14.9 Å². The van der Waals surface area contributed by atoms with Gasteiger partial charge in [0.1, 0.15) is 0 Å². The van der Waals surface area contributed by atoms with Crippen LogP contribution in [-0.4, -0.2) is 18.3 Å². The summed E-state index contributed by atoms with van der Waals surface area (Å²) in [6.07, 6.45) is 1.86. The van der Waals surface area contributed by atoms with Gasteiger partial charge in [-0.15, -0.1) is 11.3 Å².